The van der Waals surface area contributed by atoms with Gasteiger partial charge in [0, 0.05) is 19.2 Å². The molecule has 1 heterocycles. The highest BCUT2D eigenvalue weighted by molar-refractivity contribution is 5.85. The van der Waals surface area contributed by atoms with Crippen molar-refractivity contribution in [1.29, 1.82) is 5.26 Å². The molecule has 1 rings (SSSR count). The van der Waals surface area contributed by atoms with Crippen LogP contribution in [0.3, 0.4) is 0 Å². The van der Waals surface area contributed by atoms with Crippen LogP contribution in [0.5, 0.6) is 5.88 Å². The van der Waals surface area contributed by atoms with Crippen LogP contribution in [-0.4, -0.2) is 21.4 Å². The molecule has 6 heteroatoms. The molecule has 16 heavy (non-hydrogen) atoms. The van der Waals surface area contributed by atoms with Gasteiger partial charge in [-0.15, -0.1) is 12.4 Å². The van der Waals surface area contributed by atoms with Crippen molar-refractivity contribution >= 4 is 12.4 Å². The molecule has 0 fully saturated rings. The van der Waals surface area contributed by atoms with Gasteiger partial charge in [-0.05, 0) is 18.9 Å². The van der Waals surface area contributed by atoms with Crippen LogP contribution in [0.15, 0.2) is 10.9 Å². The summed E-state index contributed by atoms with van der Waals surface area (Å²) in [5, 5.41) is 27.0. The zero-order valence-corrected chi connectivity index (χ0v) is 9.62. The van der Waals surface area contributed by atoms with Gasteiger partial charge in [0.05, 0.1) is 0 Å². The molecule has 0 saturated carbocycles. The van der Waals surface area contributed by atoms with Crippen LogP contribution < -0.4 is 5.56 Å². The van der Waals surface area contributed by atoms with Crippen molar-refractivity contribution in [2.75, 3.05) is 6.61 Å². The van der Waals surface area contributed by atoms with Crippen molar-refractivity contribution in [2.24, 2.45) is 0 Å². The number of aryl methyl sites for hydroxylation is 1. The van der Waals surface area contributed by atoms with E-state index in [1.807, 2.05) is 6.07 Å². The van der Waals surface area contributed by atoms with E-state index in [-0.39, 0.29) is 42.6 Å². The number of hydrogen-bond donors (Lipinski definition) is 2. The molecule has 0 amide bonds. The number of nitriles is 1. The van der Waals surface area contributed by atoms with E-state index in [2.05, 4.69) is 0 Å². The topological polar surface area (TPSA) is 86.2 Å². The van der Waals surface area contributed by atoms with Gasteiger partial charge in [-0.3, -0.25) is 9.36 Å². The molecular formula is C10H13ClN2O3. The Morgan fingerprint density at radius 2 is 2.19 bits per heavy atom. The Kier molecular flexibility index (Phi) is 5.57. The molecule has 0 aliphatic rings. The molecule has 0 aromatic carbocycles. The van der Waals surface area contributed by atoms with Gasteiger partial charge >= 0.3 is 0 Å². The summed E-state index contributed by atoms with van der Waals surface area (Å²) in [5.74, 6) is -0.323. The van der Waals surface area contributed by atoms with Gasteiger partial charge in [-0.2, -0.15) is 5.26 Å². The zero-order chi connectivity index (χ0) is 11.4. The van der Waals surface area contributed by atoms with Gasteiger partial charge in [-0.25, -0.2) is 0 Å². The second-order valence-electron chi connectivity index (χ2n) is 3.20. The molecule has 0 spiro atoms. The molecule has 0 saturated heterocycles. The average Bonchev–Trinajstić information content (AvgIpc) is 2.17. The fourth-order valence-electron chi connectivity index (χ4n) is 1.33. The Labute approximate surface area is 99.0 Å². The van der Waals surface area contributed by atoms with Gasteiger partial charge < -0.3 is 10.2 Å². The van der Waals surface area contributed by atoms with Gasteiger partial charge in [0.2, 0.25) is 5.88 Å². The van der Waals surface area contributed by atoms with Crippen LogP contribution in [0.2, 0.25) is 0 Å². The molecule has 1 aromatic rings. The normalized spacial score (nSPS) is 9.31. The number of aromatic nitrogens is 1. The molecule has 5 nitrogen and oxygen atoms in total. The second-order valence-corrected chi connectivity index (χ2v) is 3.20. The minimum atomic E-state index is -0.363. The Balaban J connectivity index is 0.00000225. The fourth-order valence-corrected chi connectivity index (χ4v) is 1.33. The van der Waals surface area contributed by atoms with Crippen molar-refractivity contribution < 1.29 is 10.2 Å². The Bertz CT molecular complexity index is 462. The monoisotopic (exact) mass is 244 g/mol. The lowest BCUT2D eigenvalue weighted by Gasteiger charge is -2.09. The molecule has 1 aromatic heterocycles. The van der Waals surface area contributed by atoms with Crippen molar-refractivity contribution in [3.8, 4) is 11.9 Å². The Hall–Kier alpha value is -1.51. The maximum Gasteiger partial charge on any atom is 0.253 e. The number of nitrogens with zero attached hydrogens (tertiary/aromatic N) is 2. The number of pyridine rings is 1. The van der Waals surface area contributed by atoms with E-state index in [1.54, 1.807) is 6.92 Å². The third-order valence-corrected chi connectivity index (χ3v) is 2.13. The third-order valence-electron chi connectivity index (χ3n) is 2.13. The summed E-state index contributed by atoms with van der Waals surface area (Å²) in [6, 6.07) is 3.14. The first-order valence-electron chi connectivity index (χ1n) is 4.56. The quantitative estimate of drug-likeness (QED) is 0.813. The van der Waals surface area contributed by atoms with Crippen molar-refractivity contribution in [3.05, 3.63) is 27.5 Å². The van der Waals surface area contributed by atoms with Gasteiger partial charge in [-0.1, -0.05) is 0 Å². The summed E-state index contributed by atoms with van der Waals surface area (Å²) in [5.41, 5.74) is 0.199. The summed E-state index contributed by atoms with van der Waals surface area (Å²) in [7, 11) is 0. The van der Waals surface area contributed by atoms with Gasteiger partial charge in [0.1, 0.15) is 11.6 Å². The van der Waals surface area contributed by atoms with Crippen LogP contribution in [-0.2, 0) is 6.54 Å². The van der Waals surface area contributed by atoms with E-state index in [9.17, 15) is 9.90 Å². The van der Waals surface area contributed by atoms with E-state index >= 15 is 0 Å². The standard InChI is InChI=1S/C10H12N2O3.ClH/c1-7-5-9(14)12(3-2-4-13)10(15)8(7)6-11;/h5,13,15H,2-4H2,1H3;1H. The van der Waals surface area contributed by atoms with E-state index in [0.717, 1.165) is 4.57 Å². The van der Waals surface area contributed by atoms with Gasteiger partial charge in [0.25, 0.3) is 5.56 Å². The number of aliphatic hydroxyl groups is 1. The minimum absolute atomic E-state index is 0. The molecule has 0 aliphatic heterocycles. The lowest BCUT2D eigenvalue weighted by Crippen LogP contribution is -2.21. The largest absolute Gasteiger partial charge is 0.493 e. The SMILES string of the molecule is Cc1cc(=O)n(CCCO)c(O)c1C#N.Cl. The van der Waals surface area contributed by atoms with Crippen LogP contribution in [0.1, 0.15) is 17.5 Å². The molecule has 0 aliphatic carbocycles. The summed E-state index contributed by atoms with van der Waals surface area (Å²) in [4.78, 5) is 11.4. The Morgan fingerprint density at radius 3 is 2.69 bits per heavy atom. The maximum absolute atomic E-state index is 11.4. The number of rotatable bonds is 3. The van der Waals surface area contributed by atoms with Crippen LogP contribution >= 0.6 is 12.4 Å². The highest BCUT2D eigenvalue weighted by Gasteiger charge is 2.11. The van der Waals surface area contributed by atoms with E-state index in [4.69, 9.17) is 10.4 Å². The summed E-state index contributed by atoms with van der Waals surface area (Å²) >= 11 is 0. The summed E-state index contributed by atoms with van der Waals surface area (Å²) < 4.78 is 1.09. The molecule has 0 bridgehead atoms. The number of hydrogen-bond acceptors (Lipinski definition) is 4. The number of halogens is 1. The van der Waals surface area contributed by atoms with Crippen LogP contribution in [0.4, 0.5) is 0 Å². The lowest BCUT2D eigenvalue weighted by molar-refractivity contribution is 0.274. The average molecular weight is 245 g/mol. The molecule has 2 N–H and O–H groups in total. The lowest BCUT2D eigenvalue weighted by atomic mass is 10.1. The first-order chi connectivity index (χ1) is 7.11. The summed E-state index contributed by atoms with van der Waals surface area (Å²) in [6.45, 7) is 1.73. The smallest absolute Gasteiger partial charge is 0.253 e. The molecular weight excluding hydrogens is 232 g/mol. The zero-order valence-electron chi connectivity index (χ0n) is 8.80. The van der Waals surface area contributed by atoms with E-state index < -0.39 is 0 Å². The number of aromatic hydroxyl groups is 1. The molecule has 0 unspecified atom stereocenters. The first-order valence-corrected chi connectivity index (χ1v) is 4.56. The Morgan fingerprint density at radius 1 is 1.56 bits per heavy atom. The predicted molar refractivity (Wildman–Crippen MR) is 60.8 cm³/mol. The van der Waals surface area contributed by atoms with Gasteiger partial charge in [0.15, 0.2) is 0 Å². The molecule has 0 radical (unpaired) electrons. The van der Waals surface area contributed by atoms with Crippen LogP contribution in [0, 0.1) is 18.3 Å². The fraction of sp³-hybridized carbons (Fsp3) is 0.400. The molecule has 0 atom stereocenters. The van der Waals surface area contributed by atoms with E-state index in [0.29, 0.717) is 12.0 Å². The second kappa shape index (κ2) is 6.16. The van der Waals surface area contributed by atoms with Crippen molar-refractivity contribution in [3.63, 3.8) is 0 Å². The summed E-state index contributed by atoms with van der Waals surface area (Å²) in [6.07, 6.45) is 0.362. The first kappa shape index (κ1) is 14.5. The number of aliphatic hydroxyl groups excluding tert-OH is 1. The minimum Gasteiger partial charge on any atom is -0.493 e. The highest BCUT2D eigenvalue weighted by atomic mass is 35.5. The van der Waals surface area contributed by atoms with Crippen molar-refractivity contribution in [2.45, 2.75) is 19.9 Å². The third kappa shape index (κ3) is 2.75. The maximum atomic E-state index is 11.4. The van der Waals surface area contributed by atoms with Crippen molar-refractivity contribution in [1.82, 2.24) is 4.57 Å². The highest BCUT2D eigenvalue weighted by Crippen LogP contribution is 2.17. The van der Waals surface area contributed by atoms with E-state index in [1.165, 1.54) is 6.07 Å². The van der Waals surface area contributed by atoms with Crippen LogP contribution in [0.25, 0.3) is 0 Å². The molecule has 88 valence electrons. The predicted octanol–water partition coefficient (Wildman–Crippen LogP) is 0.538.